The Bertz CT molecular complexity index is 333. The van der Waals surface area contributed by atoms with Crippen LogP contribution in [0.4, 0.5) is 4.39 Å². The van der Waals surface area contributed by atoms with E-state index in [4.69, 9.17) is 4.74 Å². The molecule has 0 fully saturated rings. The van der Waals surface area contributed by atoms with E-state index in [1.165, 1.54) is 12.1 Å². The van der Waals surface area contributed by atoms with Gasteiger partial charge in [0.25, 0.3) is 0 Å². The molecule has 0 heterocycles. The Morgan fingerprint density at radius 3 is 2.88 bits per heavy atom. The lowest BCUT2D eigenvalue weighted by Gasteiger charge is -2.11. The van der Waals surface area contributed by atoms with Crippen molar-refractivity contribution in [3.8, 4) is 5.75 Å². The van der Waals surface area contributed by atoms with Gasteiger partial charge in [0.15, 0.2) is 0 Å². The lowest BCUT2D eigenvalue weighted by atomic mass is 10.2. The van der Waals surface area contributed by atoms with Gasteiger partial charge in [-0.15, -0.1) is 0 Å². The number of halogens is 1. The van der Waals surface area contributed by atoms with Crippen LogP contribution in [-0.2, 0) is 6.54 Å². The summed E-state index contributed by atoms with van der Waals surface area (Å²) in [5.74, 6) is 2.63. The molecule has 17 heavy (non-hydrogen) atoms. The second kappa shape index (κ2) is 8.37. The molecule has 1 rings (SSSR count). The molecule has 0 unspecified atom stereocenters. The number of hydrogen-bond acceptors (Lipinski definition) is 3. The third kappa shape index (κ3) is 5.41. The Morgan fingerprint density at radius 1 is 1.35 bits per heavy atom. The fraction of sp³-hybridized carbons (Fsp3) is 0.538. The SMILES string of the molecule is CCNCc1cc(F)ccc1OCCSCC. The van der Waals surface area contributed by atoms with Crippen molar-refractivity contribution in [3.63, 3.8) is 0 Å². The predicted octanol–water partition coefficient (Wildman–Crippen LogP) is 3.07. The van der Waals surface area contributed by atoms with E-state index in [1.54, 1.807) is 6.07 Å². The smallest absolute Gasteiger partial charge is 0.124 e. The molecule has 96 valence electrons. The molecule has 2 nitrogen and oxygen atoms in total. The van der Waals surface area contributed by atoms with Gasteiger partial charge in [-0.3, -0.25) is 0 Å². The van der Waals surface area contributed by atoms with Gasteiger partial charge in [-0.25, -0.2) is 4.39 Å². The first kappa shape index (κ1) is 14.3. The molecule has 0 aliphatic heterocycles. The van der Waals surface area contributed by atoms with Crippen LogP contribution in [-0.4, -0.2) is 24.7 Å². The number of thioether (sulfide) groups is 1. The van der Waals surface area contributed by atoms with E-state index in [0.29, 0.717) is 13.2 Å². The van der Waals surface area contributed by atoms with Gasteiger partial charge >= 0.3 is 0 Å². The monoisotopic (exact) mass is 257 g/mol. The van der Waals surface area contributed by atoms with Gasteiger partial charge in [0.2, 0.25) is 0 Å². The molecule has 0 radical (unpaired) electrons. The summed E-state index contributed by atoms with van der Waals surface area (Å²) in [6.07, 6.45) is 0. The highest BCUT2D eigenvalue weighted by Gasteiger charge is 2.04. The molecule has 4 heteroatoms. The standard InChI is InChI=1S/C13H20FNOS/c1-3-15-10-11-9-12(14)5-6-13(11)16-7-8-17-4-2/h5-6,9,15H,3-4,7-8,10H2,1-2H3. The quantitative estimate of drug-likeness (QED) is 0.723. The summed E-state index contributed by atoms with van der Waals surface area (Å²) in [5.41, 5.74) is 0.883. The van der Waals surface area contributed by atoms with Crippen molar-refractivity contribution < 1.29 is 9.13 Å². The predicted molar refractivity (Wildman–Crippen MR) is 72.3 cm³/mol. The number of hydrogen-bond donors (Lipinski definition) is 1. The van der Waals surface area contributed by atoms with Crippen molar-refractivity contribution in [1.29, 1.82) is 0 Å². The second-order valence-corrected chi connectivity index (χ2v) is 4.97. The Morgan fingerprint density at radius 2 is 2.18 bits per heavy atom. The van der Waals surface area contributed by atoms with Gasteiger partial charge in [0.1, 0.15) is 11.6 Å². The van der Waals surface area contributed by atoms with E-state index in [2.05, 4.69) is 12.2 Å². The van der Waals surface area contributed by atoms with Crippen LogP contribution in [0, 0.1) is 5.82 Å². The first-order chi connectivity index (χ1) is 8.27. The number of benzene rings is 1. The molecule has 0 saturated carbocycles. The van der Waals surface area contributed by atoms with Crippen molar-refractivity contribution in [2.45, 2.75) is 20.4 Å². The van der Waals surface area contributed by atoms with E-state index < -0.39 is 0 Å². The molecule has 0 spiro atoms. The van der Waals surface area contributed by atoms with Gasteiger partial charge < -0.3 is 10.1 Å². The Hall–Kier alpha value is -0.740. The van der Waals surface area contributed by atoms with Crippen molar-refractivity contribution in [3.05, 3.63) is 29.6 Å². The highest BCUT2D eigenvalue weighted by molar-refractivity contribution is 7.99. The maximum absolute atomic E-state index is 13.1. The van der Waals surface area contributed by atoms with Gasteiger partial charge in [0.05, 0.1) is 6.61 Å². The van der Waals surface area contributed by atoms with Crippen molar-refractivity contribution >= 4 is 11.8 Å². The first-order valence-corrected chi connectivity index (χ1v) is 7.13. The zero-order chi connectivity index (χ0) is 12.5. The zero-order valence-corrected chi connectivity index (χ0v) is 11.3. The number of rotatable bonds is 8. The van der Waals surface area contributed by atoms with E-state index in [9.17, 15) is 4.39 Å². The zero-order valence-electron chi connectivity index (χ0n) is 10.5. The van der Waals surface area contributed by atoms with Gasteiger partial charge in [-0.05, 0) is 30.5 Å². The molecule has 1 aromatic carbocycles. The highest BCUT2D eigenvalue weighted by atomic mass is 32.2. The van der Waals surface area contributed by atoms with Crippen LogP contribution in [0.5, 0.6) is 5.75 Å². The lowest BCUT2D eigenvalue weighted by Crippen LogP contribution is -2.13. The largest absolute Gasteiger partial charge is 0.492 e. The normalized spacial score (nSPS) is 10.5. The minimum atomic E-state index is -0.215. The van der Waals surface area contributed by atoms with Crippen molar-refractivity contribution in [1.82, 2.24) is 5.32 Å². The highest BCUT2D eigenvalue weighted by Crippen LogP contribution is 2.20. The average molecular weight is 257 g/mol. The van der Waals surface area contributed by atoms with Gasteiger partial charge in [-0.2, -0.15) is 11.8 Å². The maximum atomic E-state index is 13.1. The Kier molecular flexibility index (Phi) is 7.05. The van der Waals surface area contributed by atoms with E-state index in [1.807, 2.05) is 18.7 Å². The van der Waals surface area contributed by atoms with E-state index in [0.717, 1.165) is 29.4 Å². The Labute approximate surface area is 107 Å². The summed E-state index contributed by atoms with van der Waals surface area (Å²) in [4.78, 5) is 0. The summed E-state index contributed by atoms with van der Waals surface area (Å²) in [5, 5.41) is 3.18. The third-order valence-corrected chi connectivity index (χ3v) is 3.14. The minimum Gasteiger partial charge on any atom is -0.492 e. The molecule has 0 bridgehead atoms. The topological polar surface area (TPSA) is 21.3 Å². The van der Waals surface area contributed by atoms with Crippen LogP contribution in [0.3, 0.4) is 0 Å². The molecule has 0 aliphatic carbocycles. The third-order valence-electron chi connectivity index (χ3n) is 2.28. The summed E-state index contributed by atoms with van der Waals surface area (Å²) in [6.45, 7) is 6.33. The fourth-order valence-electron chi connectivity index (χ4n) is 1.44. The van der Waals surface area contributed by atoms with Crippen LogP contribution in [0.25, 0.3) is 0 Å². The molecule has 1 N–H and O–H groups in total. The second-order valence-electron chi connectivity index (χ2n) is 3.58. The molecular formula is C13H20FNOS. The fourth-order valence-corrected chi connectivity index (χ4v) is 1.93. The Balaban J connectivity index is 2.55. The summed E-state index contributed by atoms with van der Waals surface area (Å²) < 4.78 is 18.8. The van der Waals surface area contributed by atoms with Crippen molar-refractivity contribution in [2.75, 3.05) is 24.7 Å². The molecule has 0 atom stereocenters. The van der Waals surface area contributed by atoms with Crippen LogP contribution >= 0.6 is 11.8 Å². The first-order valence-electron chi connectivity index (χ1n) is 5.97. The van der Waals surface area contributed by atoms with Crippen LogP contribution in [0.2, 0.25) is 0 Å². The number of ether oxygens (including phenoxy) is 1. The minimum absolute atomic E-state index is 0.215. The van der Waals surface area contributed by atoms with Crippen LogP contribution < -0.4 is 10.1 Å². The molecule has 0 aromatic heterocycles. The van der Waals surface area contributed by atoms with Gasteiger partial charge in [-0.1, -0.05) is 13.8 Å². The van der Waals surface area contributed by atoms with Gasteiger partial charge in [0, 0.05) is 17.9 Å². The number of nitrogens with one attached hydrogen (secondary N) is 1. The molecular weight excluding hydrogens is 237 g/mol. The molecule has 0 aliphatic rings. The average Bonchev–Trinajstić information content (AvgIpc) is 2.34. The summed E-state index contributed by atoms with van der Waals surface area (Å²) in [6, 6.07) is 4.68. The van der Waals surface area contributed by atoms with E-state index >= 15 is 0 Å². The molecule has 0 amide bonds. The summed E-state index contributed by atoms with van der Waals surface area (Å²) in [7, 11) is 0. The maximum Gasteiger partial charge on any atom is 0.124 e. The van der Waals surface area contributed by atoms with Crippen LogP contribution in [0.15, 0.2) is 18.2 Å². The van der Waals surface area contributed by atoms with Crippen LogP contribution in [0.1, 0.15) is 19.4 Å². The lowest BCUT2D eigenvalue weighted by molar-refractivity contribution is 0.338. The summed E-state index contributed by atoms with van der Waals surface area (Å²) >= 11 is 1.84. The molecule has 1 aromatic rings. The molecule has 0 saturated heterocycles. The van der Waals surface area contributed by atoms with E-state index in [-0.39, 0.29) is 5.82 Å². The van der Waals surface area contributed by atoms with Crippen molar-refractivity contribution in [2.24, 2.45) is 0 Å².